The minimum absolute atomic E-state index is 0.170. The summed E-state index contributed by atoms with van der Waals surface area (Å²) in [6.45, 7) is 6.16. The van der Waals surface area contributed by atoms with Gasteiger partial charge in [0.05, 0.1) is 13.2 Å². The maximum Gasteiger partial charge on any atom is 0.244 e. The minimum atomic E-state index is -0.198. The number of ether oxygens (including phenoxy) is 4. The van der Waals surface area contributed by atoms with Crippen molar-refractivity contribution in [3.05, 3.63) is 66.3 Å². The molecule has 6 heteroatoms. The molecule has 3 rings (SSSR count). The second-order valence-electron chi connectivity index (χ2n) is 6.19. The highest BCUT2D eigenvalue weighted by atomic mass is 16.7. The predicted octanol–water partition coefficient (Wildman–Crippen LogP) is 3.88. The molecule has 0 aromatic heterocycles. The maximum atomic E-state index is 12.3. The highest BCUT2D eigenvalue weighted by Gasteiger charge is 2.16. The Balaban J connectivity index is 1.62. The molecule has 146 valence electrons. The smallest absolute Gasteiger partial charge is 0.244 e. The lowest BCUT2D eigenvalue weighted by Gasteiger charge is -2.13. The highest BCUT2D eigenvalue weighted by Crippen LogP contribution is 2.34. The molecule has 1 atom stereocenters. The van der Waals surface area contributed by atoms with Gasteiger partial charge in [0.15, 0.2) is 23.0 Å². The first-order chi connectivity index (χ1) is 13.6. The van der Waals surface area contributed by atoms with Gasteiger partial charge >= 0.3 is 0 Å². The topological polar surface area (TPSA) is 66.0 Å². The van der Waals surface area contributed by atoms with Crippen molar-refractivity contribution in [2.75, 3.05) is 20.5 Å². The third-order valence-electron chi connectivity index (χ3n) is 4.23. The van der Waals surface area contributed by atoms with E-state index < -0.39 is 0 Å². The molecule has 1 aliphatic rings. The van der Waals surface area contributed by atoms with Crippen LogP contribution in [0.3, 0.4) is 0 Å². The number of rotatable bonds is 8. The first-order valence-corrected chi connectivity index (χ1v) is 8.90. The number of fused-ring (bicyclic) bond motifs is 1. The Bertz CT molecular complexity index is 890. The van der Waals surface area contributed by atoms with Crippen molar-refractivity contribution in [3.63, 3.8) is 0 Å². The van der Waals surface area contributed by atoms with E-state index in [0.717, 1.165) is 16.9 Å². The van der Waals surface area contributed by atoms with E-state index in [-0.39, 0.29) is 18.7 Å². The Kier molecular flexibility index (Phi) is 6.22. The molecular weight excluding hydrogens is 358 g/mol. The average molecular weight is 381 g/mol. The van der Waals surface area contributed by atoms with Gasteiger partial charge in [0.1, 0.15) is 6.61 Å². The van der Waals surface area contributed by atoms with E-state index in [1.807, 2.05) is 37.3 Å². The normalized spacial score (nSPS) is 13.2. The summed E-state index contributed by atoms with van der Waals surface area (Å²) in [5.41, 5.74) is 1.77. The van der Waals surface area contributed by atoms with E-state index in [9.17, 15) is 4.79 Å². The molecular formula is C22H23NO5. The van der Waals surface area contributed by atoms with Crippen LogP contribution in [0.4, 0.5) is 0 Å². The molecule has 1 aliphatic heterocycles. The molecule has 28 heavy (non-hydrogen) atoms. The van der Waals surface area contributed by atoms with Crippen molar-refractivity contribution in [2.45, 2.75) is 13.0 Å². The fourth-order valence-corrected chi connectivity index (χ4v) is 2.76. The number of nitrogens with one attached hydrogen (secondary N) is 1. The van der Waals surface area contributed by atoms with Crippen LogP contribution in [-0.2, 0) is 4.79 Å². The summed E-state index contributed by atoms with van der Waals surface area (Å²) in [7, 11) is 1.57. The summed E-state index contributed by atoms with van der Waals surface area (Å²) >= 11 is 0. The van der Waals surface area contributed by atoms with E-state index >= 15 is 0 Å². The third-order valence-corrected chi connectivity index (χ3v) is 4.23. The van der Waals surface area contributed by atoms with Crippen molar-refractivity contribution in [3.8, 4) is 23.0 Å². The molecule has 0 saturated heterocycles. The second-order valence-corrected chi connectivity index (χ2v) is 6.19. The van der Waals surface area contributed by atoms with Crippen LogP contribution in [0.25, 0.3) is 6.08 Å². The molecule has 1 unspecified atom stereocenters. The zero-order chi connectivity index (χ0) is 19.9. The van der Waals surface area contributed by atoms with Gasteiger partial charge in [0.2, 0.25) is 12.7 Å². The average Bonchev–Trinajstić information content (AvgIpc) is 3.18. The maximum absolute atomic E-state index is 12.3. The predicted molar refractivity (Wildman–Crippen MR) is 107 cm³/mol. The summed E-state index contributed by atoms with van der Waals surface area (Å²) in [4.78, 5) is 12.3. The fourth-order valence-electron chi connectivity index (χ4n) is 2.76. The lowest BCUT2D eigenvalue weighted by molar-refractivity contribution is -0.117. The zero-order valence-corrected chi connectivity index (χ0v) is 15.9. The number of carbonyl (C=O) groups excluding carboxylic acids is 1. The molecule has 0 aliphatic carbocycles. The molecule has 1 amide bonds. The standard InChI is InChI=1S/C22H23NO5/c1-4-11-26-18-8-5-16(12-20(18)25-3)6-10-22(24)23-15(2)17-7-9-19-21(13-17)28-14-27-19/h4-10,12-13,15H,1,11,14H2,2-3H3,(H,23,24)/b10-6+. The van der Waals surface area contributed by atoms with Crippen LogP contribution in [0.15, 0.2) is 55.1 Å². The van der Waals surface area contributed by atoms with Gasteiger partial charge < -0.3 is 24.3 Å². The van der Waals surface area contributed by atoms with Crippen molar-refractivity contribution in [1.82, 2.24) is 5.32 Å². The van der Waals surface area contributed by atoms with Crippen LogP contribution in [-0.4, -0.2) is 26.4 Å². The first-order valence-electron chi connectivity index (χ1n) is 8.90. The monoisotopic (exact) mass is 381 g/mol. The molecule has 0 saturated carbocycles. The van der Waals surface area contributed by atoms with Gasteiger partial charge in [0.25, 0.3) is 0 Å². The molecule has 1 heterocycles. The first kappa shape index (κ1) is 19.4. The molecule has 2 aromatic carbocycles. The van der Waals surface area contributed by atoms with Crippen LogP contribution in [0.2, 0.25) is 0 Å². The fraction of sp³-hybridized carbons (Fsp3) is 0.227. The molecule has 0 bridgehead atoms. The summed E-state index contributed by atoms with van der Waals surface area (Å²) in [5, 5.41) is 2.94. The van der Waals surface area contributed by atoms with E-state index in [1.165, 1.54) is 6.08 Å². The molecule has 1 N–H and O–H groups in total. The number of methoxy groups -OCH3 is 1. The molecule has 0 fully saturated rings. The molecule has 6 nitrogen and oxygen atoms in total. The number of amides is 1. The van der Waals surface area contributed by atoms with Crippen LogP contribution in [0.1, 0.15) is 24.1 Å². The molecule has 0 radical (unpaired) electrons. The van der Waals surface area contributed by atoms with Crippen LogP contribution in [0, 0.1) is 0 Å². The summed E-state index contributed by atoms with van der Waals surface area (Å²) in [6.07, 6.45) is 4.88. The second kappa shape index (κ2) is 8.99. The third kappa shape index (κ3) is 4.65. The van der Waals surface area contributed by atoms with Gasteiger partial charge in [0, 0.05) is 6.08 Å². The SMILES string of the molecule is C=CCOc1ccc(/C=C/C(=O)NC(C)c2ccc3c(c2)OCO3)cc1OC. The Hall–Kier alpha value is -3.41. The number of hydrogen-bond donors (Lipinski definition) is 1. The lowest BCUT2D eigenvalue weighted by Crippen LogP contribution is -2.24. The zero-order valence-electron chi connectivity index (χ0n) is 15.9. The largest absolute Gasteiger partial charge is 0.493 e. The van der Waals surface area contributed by atoms with Crippen LogP contribution in [0.5, 0.6) is 23.0 Å². The van der Waals surface area contributed by atoms with E-state index in [0.29, 0.717) is 23.9 Å². The van der Waals surface area contributed by atoms with Crippen molar-refractivity contribution >= 4 is 12.0 Å². The van der Waals surface area contributed by atoms with Crippen LogP contribution < -0.4 is 24.3 Å². The molecule has 2 aromatic rings. The van der Waals surface area contributed by atoms with Gasteiger partial charge in [-0.1, -0.05) is 24.8 Å². The number of hydrogen-bond acceptors (Lipinski definition) is 5. The van der Waals surface area contributed by atoms with E-state index in [1.54, 1.807) is 25.3 Å². The van der Waals surface area contributed by atoms with Crippen molar-refractivity contribution in [2.24, 2.45) is 0 Å². The Morgan fingerprint density at radius 2 is 2.04 bits per heavy atom. The molecule has 0 spiro atoms. The van der Waals surface area contributed by atoms with Crippen molar-refractivity contribution < 1.29 is 23.7 Å². The van der Waals surface area contributed by atoms with Gasteiger partial charge in [-0.3, -0.25) is 4.79 Å². The van der Waals surface area contributed by atoms with Gasteiger partial charge in [-0.15, -0.1) is 0 Å². The minimum Gasteiger partial charge on any atom is -0.493 e. The van der Waals surface area contributed by atoms with Crippen LogP contribution >= 0.6 is 0 Å². The van der Waals surface area contributed by atoms with Gasteiger partial charge in [-0.05, 0) is 48.4 Å². The Labute approximate surface area is 164 Å². The Morgan fingerprint density at radius 1 is 1.21 bits per heavy atom. The quantitative estimate of drug-likeness (QED) is 0.555. The number of carbonyl (C=O) groups is 1. The van der Waals surface area contributed by atoms with Crippen molar-refractivity contribution in [1.29, 1.82) is 0 Å². The summed E-state index contributed by atoms with van der Waals surface area (Å²) < 4.78 is 21.5. The van der Waals surface area contributed by atoms with Gasteiger partial charge in [-0.2, -0.15) is 0 Å². The number of benzene rings is 2. The van der Waals surface area contributed by atoms with E-state index in [4.69, 9.17) is 18.9 Å². The Morgan fingerprint density at radius 3 is 2.82 bits per heavy atom. The van der Waals surface area contributed by atoms with E-state index in [2.05, 4.69) is 11.9 Å². The highest BCUT2D eigenvalue weighted by molar-refractivity contribution is 5.92. The summed E-state index contributed by atoms with van der Waals surface area (Å²) in [5.74, 6) is 2.44. The van der Waals surface area contributed by atoms with Gasteiger partial charge in [-0.25, -0.2) is 0 Å². The summed E-state index contributed by atoms with van der Waals surface area (Å²) in [6, 6.07) is 10.9. The lowest BCUT2D eigenvalue weighted by atomic mass is 10.1.